The quantitative estimate of drug-likeness (QED) is 0.695. The molecule has 4 nitrogen and oxygen atoms in total. The van der Waals surface area contributed by atoms with Crippen molar-refractivity contribution in [2.24, 2.45) is 0 Å². The average Bonchev–Trinajstić information content (AvgIpc) is 3.45. The Hall–Kier alpha value is -2.49. The van der Waals surface area contributed by atoms with Crippen molar-refractivity contribution in [3.8, 4) is 11.5 Å². The highest BCUT2D eigenvalue weighted by Gasteiger charge is 2.34. The average molecular weight is 339 g/mol. The van der Waals surface area contributed by atoms with Crippen LogP contribution < -0.4 is 4.74 Å². The number of carbonyl (C=O) groups is 1. The lowest BCUT2D eigenvalue weighted by Gasteiger charge is -2.25. The van der Waals surface area contributed by atoms with E-state index in [2.05, 4.69) is 13.0 Å². The van der Waals surface area contributed by atoms with Crippen molar-refractivity contribution >= 4 is 6.09 Å². The highest BCUT2D eigenvalue weighted by atomic mass is 16.6. The second-order valence-corrected chi connectivity index (χ2v) is 6.47. The normalized spacial score (nSPS) is 14.6. The van der Waals surface area contributed by atoms with Gasteiger partial charge >= 0.3 is 6.09 Å². The summed E-state index contributed by atoms with van der Waals surface area (Å²) in [5.74, 6) is 1.84. The first-order valence-electron chi connectivity index (χ1n) is 8.93. The molecule has 1 atom stereocenters. The molecule has 1 saturated carbocycles. The molecule has 1 unspecified atom stereocenters. The van der Waals surface area contributed by atoms with E-state index in [0.29, 0.717) is 19.2 Å². The lowest BCUT2D eigenvalue weighted by Crippen LogP contribution is -2.36. The summed E-state index contributed by atoms with van der Waals surface area (Å²) in [4.78, 5) is 14.1. The van der Waals surface area contributed by atoms with Gasteiger partial charge in [-0.2, -0.15) is 0 Å². The van der Waals surface area contributed by atoms with Gasteiger partial charge in [0.05, 0.1) is 6.61 Å². The molecule has 1 amide bonds. The zero-order valence-electron chi connectivity index (χ0n) is 14.9. The van der Waals surface area contributed by atoms with E-state index in [1.165, 1.54) is 0 Å². The molecule has 0 radical (unpaired) electrons. The largest absolute Gasteiger partial charge is 0.457 e. The fourth-order valence-corrected chi connectivity index (χ4v) is 2.87. The number of nitrogens with zero attached hydrogens (tertiary/aromatic N) is 1. The van der Waals surface area contributed by atoms with Crippen LogP contribution in [0.1, 0.15) is 38.2 Å². The molecule has 2 aromatic rings. The molecule has 1 fully saturated rings. The Balaban J connectivity index is 1.68. The van der Waals surface area contributed by atoms with Crippen molar-refractivity contribution in [3.63, 3.8) is 0 Å². The van der Waals surface area contributed by atoms with Crippen LogP contribution in [0, 0.1) is 0 Å². The maximum absolute atomic E-state index is 12.2. The Kier molecular flexibility index (Phi) is 5.59. The highest BCUT2D eigenvalue weighted by Crippen LogP contribution is 2.31. The van der Waals surface area contributed by atoms with Crippen LogP contribution >= 0.6 is 0 Å². The Morgan fingerprint density at radius 2 is 1.84 bits per heavy atom. The molecular formula is C21H25NO3. The number of amides is 1. The van der Waals surface area contributed by atoms with Crippen LogP contribution in [0.5, 0.6) is 11.5 Å². The Morgan fingerprint density at radius 1 is 1.12 bits per heavy atom. The summed E-state index contributed by atoms with van der Waals surface area (Å²) in [5, 5.41) is 0. The lowest BCUT2D eigenvalue weighted by molar-refractivity contribution is 0.102. The molecule has 0 bridgehead atoms. The second-order valence-electron chi connectivity index (χ2n) is 6.47. The molecule has 2 aromatic carbocycles. The van der Waals surface area contributed by atoms with Crippen molar-refractivity contribution in [1.82, 2.24) is 4.90 Å². The summed E-state index contributed by atoms with van der Waals surface area (Å²) in [7, 11) is 0. The first kappa shape index (κ1) is 17.3. The topological polar surface area (TPSA) is 38.8 Å². The smallest absolute Gasteiger partial charge is 0.410 e. The van der Waals surface area contributed by atoms with Crippen LogP contribution in [-0.2, 0) is 4.74 Å². The van der Waals surface area contributed by atoms with Crippen molar-refractivity contribution in [3.05, 3.63) is 60.2 Å². The van der Waals surface area contributed by atoms with E-state index >= 15 is 0 Å². The van der Waals surface area contributed by atoms with Crippen LogP contribution in [0.4, 0.5) is 4.79 Å². The van der Waals surface area contributed by atoms with Gasteiger partial charge in [0.2, 0.25) is 0 Å². The summed E-state index contributed by atoms with van der Waals surface area (Å²) in [5.41, 5.74) is 1.16. The molecule has 0 heterocycles. The molecule has 1 aliphatic carbocycles. The van der Waals surface area contributed by atoms with Gasteiger partial charge in [0.1, 0.15) is 11.5 Å². The van der Waals surface area contributed by atoms with Gasteiger partial charge in [-0.15, -0.1) is 0 Å². The summed E-state index contributed by atoms with van der Waals surface area (Å²) in [6.45, 7) is 5.06. The van der Waals surface area contributed by atoms with Crippen LogP contribution in [0.2, 0.25) is 0 Å². The van der Waals surface area contributed by atoms with E-state index < -0.39 is 0 Å². The standard InChI is InChI=1S/C21H25NO3/c1-3-24-21(23)22(18-12-13-18)15-16(2)17-8-7-11-20(14-17)25-19-9-5-4-6-10-19/h4-11,14,16,18H,3,12-13,15H2,1-2H3. The first-order chi connectivity index (χ1) is 12.2. The Morgan fingerprint density at radius 3 is 2.52 bits per heavy atom. The van der Waals surface area contributed by atoms with Gasteiger partial charge in [0, 0.05) is 12.6 Å². The number of para-hydroxylation sites is 1. The molecule has 4 heteroatoms. The molecule has 0 saturated heterocycles. The first-order valence-corrected chi connectivity index (χ1v) is 8.93. The number of hydrogen-bond acceptors (Lipinski definition) is 3. The minimum Gasteiger partial charge on any atom is -0.457 e. The van der Waals surface area contributed by atoms with E-state index in [-0.39, 0.29) is 12.0 Å². The van der Waals surface area contributed by atoms with Gasteiger partial charge in [-0.3, -0.25) is 0 Å². The third-order valence-electron chi connectivity index (χ3n) is 4.37. The van der Waals surface area contributed by atoms with E-state index in [0.717, 1.165) is 29.9 Å². The number of carbonyl (C=O) groups excluding carboxylic acids is 1. The number of rotatable bonds is 7. The van der Waals surface area contributed by atoms with Crippen molar-refractivity contribution in [2.75, 3.05) is 13.2 Å². The predicted molar refractivity (Wildman–Crippen MR) is 98.1 cm³/mol. The molecule has 0 N–H and O–H groups in total. The van der Waals surface area contributed by atoms with Gasteiger partial charge in [-0.25, -0.2) is 4.79 Å². The third kappa shape index (κ3) is 4.75. The van der Waals surface area contributed by atoms with E-state index in [4.69, 9.17) is 9.47 Å². The van der Waals surface area contributed by atoms with Crippen molar-refractivity contribution < 1.29 is 14.3 Å². The van der Waals surface area contributed by atoms with Gasteiger partial charge in [-0.1, -0.05) is 37.3 Å². The maximum Gasteiger partial charge on any atom is 0.410 e. The summed E-state index contributed by atoms with van der Waals surface area (Å²) >= 11 is 0. The molecule has 0 spiro atoms. The zero-order chi connectivity index (χ0) is 17.6. The molecule has 0 aromatic heterocycles. The molecular weight excluding hydrogens is 314 g/mol. The summed E-state index contributed by atoms with van der Waals surface area (Å²) in [6.07, 6.45) is 1.94. The maximum atomic E-state index is 12.2. The number of ether oxygens (including phenoxy) is 2. The van der Waals surface area contributed by atoms with Gasteiger partial charge in [0.25, 0.3) is 0 Å². The highest BCUT2D eigenvalue weighted by molar-refractivity contribution is 5.68. The fourth-order valence-electron chi connectivity index (χ4n) is 2.87. The second kappa shape index (κ2) is 8.06. The SMILES string of the molecule is CCOC(=O)N(CC(C)c1cccc(Oc2ccccc2)c1)C1CC1. The van der Waals surface area contributed by atoms with Crippen molar-refractivity contribution in [2.45, 2.75) is 38.6 Å². The van der Waals surface area contributed by atoms with E-state index in [1.54, 1.807) is 0 Å². The van der Waals surface area contributed by atoms with Gasteiger partial charge in [-0.05, 0) is 55.5 Å². The predicted octanol–water partition coefficient (Wildman–Crippen LogP) is 5.20. The number of hydrogen-bond donors (Lipinski definition) is 0. The van der Waals surface area contributed by atoms with Crippen LogP contribution in [0.15, 0.2) is 54.6 Å². The number of benzene rings is 2. The molecule has 3 rings (SSSR count). The molecule has 132 valence electrons. The minimum atomic E-state index is -0.200. The molecule has 0 aliphatic heterocycles. The van der Waals surface area contributed by atoms with Gasteiger partial charge < -0.3 is 14.4 Å². The van der Waals surface area contributed by atoms with E-state index in [9.17, 15) is 4.79 Å². The fraction of sp³-hybridized carbons (Fsp3) is 0.381. The van der Waals surface area contributed by atoms with Crippen molar-refractivity contribution in [1.29, 1.82) is 0 Å². The summed E-state index contributed by atoms with van der Waals surface area (Å²) < 4.78 is 11.1. The minimum absolute atomic E-state index is 0.200. The monoisotopic (exact) mass is 339 g/mol. The van der Waals surface area contributed by atoms with E-state index in [1.807, 2.05) is 60.4 Å². The molecule has 25 heavy (non-hydrogen) atoms. The summed E-state index contributed by atoms with van der Waals surface area (Å²) in [6, 6.07) is 18.2. The van der Waals surface area contributed by atoms with Crippen LogP contribution in [0.3, 0.4) is 0 Å². The van der Waals surface area contributed by atoms with Crippen LogP contribution in [-0.4, -0.2) is 30.2 Å². The lowest BCUT2D eigenvalue weighted by atomic mass is 10.0. The zero-order valence-corrected chi connectivity index (χ0v) is 14.9. The van der Waals surface area contributed by atoms with Gasteiger partial charge in [0.15, 0.2) is 0 Å². The third-order valence-corrected chi connectivity index (χ3v) is 4.37. The Bertz CT molecular complexity index is 697. The van der Waals surface area contributed by atoms with Crippen LogP contribution in [0.25, 0.3) is 0 Å². The Labute approximate surface area is 149 Å². The molecule has 1 aliphatic rings.